The van der Waals surface area contributed by atoms with Crippen LogP contribution in [-0.2, 0) is 4.79 Å². The molecule has 0 aromatic carbocycles. The van der Waals surface area contributed by atoms with Gasteiger partial charge in [0.1, 0.15) is 0 Å². The van der Waals surface area contributed by atoms with Crippen molar-refractivity contribution in [1.82, 2.24) is 10.6 Å². The van der Waals surface area contributed by atoms with Crippen LogP contribution >= 0.6 is 0 Å². The molecule has 2 fully saturated rings. The molecule has 1 aliphatic carbocycles. The topological polar surface area (TPSA) is 78.4 Å². The molecule has 0 bridgehead atoms. The first-order valence-electron chi connectivity index (χ1n) is 4.46. The van der Waals surface area contributed by atoms with E-state index in [1.54, 1.807) is 0 Å². The van der Waals surface area contributed by atoms with Crippen molar-refractivity contribution >= 4 is 11.9 Å². The molecule has 0 spiro atoms. The average Bonchev–Trinajstić information content (AvgIpc) is 2.06. The van der Waals surface area contributed by atoms with E-state index in [2.05, 4.69) is 10.6 Å². The van der Waals surface area contributed by atoms with E-state index in [-0.39, 0.29) is 17.9 Å². The minimum absolute atomic E-state index is 0.0790. The zero-order chi connectivity index (χ0) is 9.42. The summed E-state index contributed by atoms with van der Waals surface area (Å²) in [6.45, 7) is 0. The van der Waals surface area contributed by atoms with Crippen LogP contribution in [0.4, 0.5) is 4.79 Å². The molecule has 3 atom stereocenters. The van der Waals surface area contributed by atoms with E-state index in [4.69, 9.17) is 0 Å². The van der Waals surface area contributed by atoms with Gasteiger partial charge in [-0.15, -0.1) is 0 Å². The molecule has 3 amide bonds. The third-order valence-corrected chi connectivity index (χ3v) is 2.71. The molecule has 1 saturated carbocycles. The van der Waals surface area contributed by atoms with Crippen molar-refractivity contribution in [3.63, 3.8) is 0 Å². The Morgan fingerprint density at radius 1 is 1.31 bits per heavy atom. The minimum Gasteiger partial charge on any atom is -0.393 e. The number of fused-ring (bicyclic) bond motifs is 1. The van der Waals surface area contributed by atoms with Gasteiger partial charge in [-0.1, -0.05) is 0 Å². The van der Waals surface area contributed by atoms with Crippen molar-refractivity contribution in [1.29, 1.82) is 0 Å². The highest BCUT2D eigenvalue weighted by atomic mass is 16.3. The summed E-state index contributed by atoms with van der Waals surface area (Å²) < 4.78 is 0. The highest BCUT2D eigenvalue weighted by Gasteiger charge is 2.39. The largest absolute Gasteiger partial charge is 0.393 e. The summed E-state index contributed by atoms with van der Waals surface area (Å²) in [4.78, 5) is 22.2. The van der Waals surface area contributed by atoms with Gasteiger partial charge < -0.3 is 10.4 Å². The molecule has 3 N–H and O–H groups in total. The number of nitrogens with one attached hydrogen (secondary N) is 2. The van der Waals surface area contributed by atoms with Crippen LogP contribution in [0.5, 0.6) is 0 Å². The summed E-state index contributed by atoms with van der Waals surface area (Å²) in [6, 6.07) is -0.493. The zero-order valence-electron chi connectivity index (χ0n) is 7.12. The number of aliphatic hydroxyl groups excluding tert-OH is 1. The Bertz CT molecular complexity index is 254. The smallest absolute Gasteiger partial charge is 0.321 e. The maximum atomic E-state index is 11.3. The van der Waals surface area contributed by atoms with Crippen molar-refractivity contribution in [2.24, 2.45) is 5.92 Å². The predicted octanol–water partition coefficient (Wildman–Crippen LogP) is -0.645. The number of imide groups is 1. The number of urea groups is 1. The van der Waals surface area contributed by atoms with Gasteiger partial charge in [0.25, 0.3) is 0 Å². The highest BCUT2D eigenvalue weighted by Crippen LogP contribution is 2.26. The van der Waals surface area contributed by atoms with Crippen LogP contribution in [-0.4, -0.2) is 29.2 Å². The van der Waals surface area contributed by atoms with Crippen LogP contribution in [0, 0.1) is 5.92 Å². The predicted molar refractivity (Wildman–Crippen MR) is 43.8 cm³/mol. The van der Waals surface area contributed by atoms with Crippen LogP contribution < -0.4 is 10.6 Å². The van der Waals surface area contributed by atoms with Crippen molar-refractivity contribution in [2.75, 3.05) is 0 Å². The molecule has 1 aliphatic heterocycles. The number of carbonyl (C=O) groups excluding carboxylic acids is 2. The van der Waals surface area contributed by atoms with Gasteiger partial charge in [-0.2, -0.15) is 0 Å². The Hall–Kier alpha value is -1.10. The third-order valence-electron chi connectivity index (χ3n) is 2.71. The molecule has 5 heteroatoms. The quantitative estimate of drug-likeness (QED) is 0.468. The number of carbonyl (C=O) groups is 2. The lowest BCUT2D eigenvalue weighted by Crippen LogP contribution is -2.60. The summed E-state index contributed by atoms with van der Waals surface area (Å²) in [6.07, 6.45) is 1.40. The molecule has 0 aromatic heterocycles. The Balaban J connectivity index is 2.11. The fourth-order valence-corrected chi connectivity index (χ4v) is 2.02. The molecule has 3 unspecified atom stereocenters. The van der Waals surface area contributed by atoms with Gasteiger partial charge in [0.15, 0.2) is 0 Å². The van der Waals surface area contributed by atoms with Crippen molar-refractivity contribution in [3.8, 4) is 0 Å². The van der Waals surface area contributed by atoms with Crippen molar-refractivity contribution < 1.29 is 14.7 Å². The molecule has 0 aromatic rings. The lowest BCUT2D eigenvalue weighted by molar-refractivity contribution is -0.128. The van der Waals surface area contributed by atoms with E-state index in [9.17, 15) is 14.7 Å². The van der Waals surface area contributed by atoms with Crippen molar-refractivity contribution in [2.45, 2.75) is 31.4 Å². The van der Waals surface area contributed by atoms with Gasteiger partial charge in [0.05, 0.1) is 12.0 Å². The molecule has 5 nitrogen and oxygen atoms in total. The maximum absolute atomic E-state index is 11.3. The average molecular weight is 184 g/mol. The number of hydrogen-bond donors (Lipinski definition) is 3. The third kappa shape index (κ3) is 1.51. The standard InChI is InChI=1S/C8H12N2O3/c11-4-1-2-6-5(3-4)7(12)10-8(13)9-6/h4-6,11H,1-3H2,(H2,9,10,12,13). The minimum atomic E-state index is -0.414. The molecule has 13 heavy (non-hydrogen) atoms. The Morgan fingerprint density at radius 2 is 2.08 bits per heavy atom. The van der Waals surface area contributed by atoms with Gasteiger partial charge in [-0.05, 0) is 19.3 Å². The summed E-state index contributed by atoms with van der Waals surface area (Å²) in [5, 5.41) is 14.2. The summed E-state index contributed by atoms with van der Waals surface area (Å²) in [5.74, 6) is -0.506. The van der Waals surface area contributed by atoms with Gasteiger partial charge in [-0.25, -0.2) is 4.79 Å². The highest BCUT2D eigenvalue weighted by molar-refractivity contribution is 5.98. The normalized spacial score (nSPS) is 39.0. The molecule has 2 aliphatic rings. The molecular weight excluding hydrogens is 172 g/mol. The number of hydrogen-bond acceptors (Lipinski definition) is 3. The second kappa shape index (κ2) is 2.99. The van der Waals surface area contributed by atoms with E-state index in [0.717, 1.165) is 0 Å². The van der Waals surface area contributed by atoms with Gasteiger partial charge in [-0.3, -0.25) is 10.1 Å². The molecule has 0 radical (unpaired) electrons. The molecule has 2 rings (SSSR count). The zero-order valence-corrected chi connectivity index (χ0v) is 7.12. The number of aliphatic hydroxyl groups is 1. The fourth-order valence-electron chi connectivity index (χ4n) is 2.02. The first-order valence-corrected chi connectivity index (χ1v) is 4.46. The van der Waals surface area contributed by atoms with E-state index >= 15 is 0 Å². The SMILES string of the molecule is O=C1NC(=O)C2CC(O)CCC2N1. The van der Waals surface area contributed by atoms with E-state index < -0.39 is 12.1 Å². The lowest BCUT2D eigenvalue weighted by Gasteiger charge is -2.36. The summed E-state index contributed by atoms with van der Waals surface area (Å²) in [5.41, 5.74) is 0. The molecule has 1 saturated heterocycles. The van der Waals surface area contributed by atoms with Gasteiger partial charge in [0.2, 0.25) is 5.91 Å². The molecular formula is C8H12N2O3. The lowest BCUT2D eigenvalue weighted by atomic mass is 9.81. The first kappa shape index (κ1) is 8.50. The van der Waals surface area contributed by atoms with Gasteiger partial charge in [0, 0.05) is 6.04 Å². The first-order chi connectivity index (χ1) is 6.16. The second-order valence-corrected chi connectivity index (χ2v) is 3.64. The van der Waals surface area contributed by atoms with Crippen LogP contribution in [0.2, 0.25) is 0 Å². The number of amides is 3. The van der Waals surface area contributed by atoms with E-state index in [1.807, 2.05) is 0 Å². The van der Waals surface area contributed by atoms with E-state index in [1.165, 1.54) is 0 Å². The second-order valence-electron chi connectivity index (χ2n) is 3.64. The summed E-state index contributed by atoms with van der Waals surface area (Å²) in [7, 11) is 0. The van der Waals surface area contributed by atoms with E-state index in [0.29, 0.717) is 19.3 Å². The van der Waals surface area contributed by atoms with Gasteiger partial charge >= 0.3 is 6.03 Å². The fraction of sp³-hybridized carbons (Fsp3) is 0.750. The summed E-state index contributed by atoms with van der Waals surface area (Å²) >= 11 is 0. The van der Waals surface area contributed by atoms with Crippen LogP contribution in [0.15, 0.2) is 0 Å². The number of rotatable bonds is 0. The van der Waals surface area contributed by atoms with Crippen molar-refractivity contribution in [3.05, 3.63) is 0 Å². The Kier molecular flexibility index (Phi) is 1.95. The molecule has 1 heterocycles. The molecule has 72 valence electrons. The van der Waals surface area contributed by atoms with Crippen LogP contribution in [0.25, 0.3) is 0 Å². The van der Waals surface area contributed by atoms with Crippen LogP contribution in [0.1, 0.15) is 19.3 Å². The Morgan fingerprint density at radius 3 is 2.85 bits per heavy atom. The monoisotopic (exact) mass is 184 g/mol. The maximum Gasteiger partial charge on any atom is 0.321 e. The van der Waals surface area contributed by atoms with Crippen LogP contribution in [0.3, 0.4) is 0 Å². The Labute approximate surface area is 75.5 Å².